The Morgan fingerprint density at radius 1 is 1.21 bits per heavy atom. The maximum Gasteiger partial charge on any atom is 0.117 e. The Labute approximate surface area is 81.2 Å². The summed E-state index contributed by atoms with van der Waals surface area (Å²) < 4.78 is 0. The molecule has 14 heavy (non-hydrogen) atoms. The van der Waals surface area contributed by atoms with E-state index in [0.717, 1.165) is 28.9 Å². The van der Waals surface area contributed by atoms with Gasteiger partial charge in [0, 0.05) is 22.5 Å². The van der Waals surface area contributed by atoms with Crippen molar-refractivity contribution >= 4 is 22.7 Å². The quantitative estimate of drug-likeness (QED) is 0.639. The molecule has 0 bridgehead atoms. The molecule has 2 aromatic rings. The van der Waals surface area contributed by atoms with Crippen molar-refractivity contribution in [1.29, 1.82) is 0 Å². The Bertz CT molecular complexity index is 607. The minimum absolute atomic E-state index is 0.485. The number of H-pyrrole nitrogens is 1. The van der Waals surface area contributed by atoms with E-state index >= 15 is 0 Å². The molecular formula is C12H11NO. The summed E-state index contributed by atoms with van der Waals surface area (Å²) in [4.78, 5) is 3.25. The van der Waals surface area contributed by atoms with Crippen LogP contribution in [0.4, 0.5) is 0 Å². The Hall–Kier alpha value is -1.70. The molecule has 0 unspecified atom stereocenters. The lowest BCUT2D eigenvalue weighted by atomic mass is 10.1. The van der Waals surface area contributed by atoms with Crippen molar-refractivity contribution < 1.29 is 5.11 Å². The smallest absolute Gasteiger partial charge is 0.117 e. The predicted molar refractivity (Wildman–Crippen MR) is 57.3 cm³/mol. The SMILES string of the molecule is OC1=c2[nH]c3ccccc3c2=CCC1. The second kappa shape index (κ2) is 2.64. The van der Waals surface area contributed by atoms with Crippen LogP contribution in [0.3, 0.4) is 0 Å². The van der Waals surface area contributed by atoms with Crippen LogP contribution in [0.1, 0.15) is 12.8 Å². The molecule has 3 rings (SSSR count). The number of aromatic nitrogens is 1. The van der Waals surface area contributed by atoms with Crippen molar-refractivity contribution in [3.05, 3.63) is 34.8 Å². The second-order valence-electron chi connectivity index (χ2n) is 3.65. The molecule has 0 saturated heterocycles. The number of para-hydroxylation sites is 1. The van der Waals surface area contributed by atoms with Crippen molar-refractivity contribution in [1.82, 2.24) is 4.98 Å². The predicted octanol–water partition coefficient (Wildman–Crippen LogP) is 1.41. The molecule has 0 saturated carbocycles. The van der Waals surface area contributed by atoms with E-state index in [1.807, 2.05) is 18.2 Å². The van der Waals surface area contributed by atoms with Crippen LogP contribution in [-0.4, -0.2) is 10.1 Å². The first kappa shape index (κ1) is 7.68. The van der Waals surface area contributed by atoms with Gasteiger partial charge >= 0.3 is 0 Å². The zero-order chi connectivity index (χ0) is 9.54. The van der Waals surface area contributed by atoms with Crippen LogP contribution < -0.4 is 10.6 Å². The third-order valence-corrected chi connectivity index (χ3v) is 2.76. The fourth-order valence-electron chi connectivity index (χ4n) is 2.08. The van der Waals surface area contributed by atoms with E-state index in [1.165, 1.54) is 5.39 Å². The van der Waals surface area contributed by atoms with E-state index < -0.39 is 0 Å². The van der Waals surface area contributed by atoms with Crippen molar-refractivity contribution in [2.75, 3.05) is 0 Å². The highest BCUT2D eigenvalue weighted by Gasteiger charge is 2.07. The number of aliphatic hydroxyl groups is 1. The average Bonchev–Trinajstić information content (AvgIpc) is 2.59. The molecule has 1 heterocycles. The van der Waals surface area contributed by atoms with Crippen LogP contribution in [0.2, 0.25) is 0 Å². The first-order chi connectivity index (χ1) is 6.86. The minimum atomic E-state index is 0.485. The lowest BCUT2D eigenvalue weighted by Crippen LogP contribution is -2.28. The molecule has 0 atom stereocenters. The molecule has 2 N–H and O–H groups in total. The highest BCUT2D eigenvalue weighted by atomic mass is 16.3. The Morgan fingerprint density at radius 2 is 2.07 bits per heavy atom. The van der Waals surface area contributed by atoms with Gasteiger partial charge in [0.1, 0.15) is 5.76 Å². The van der Waals surface area contributed by atoms with Crippen LogP contribution in [-0.2, 0) is 0 Å². The first-order valence-electron chi connectivity index (χ1n) is 4.85. The Kier molecular flexibility index (Phi) is 1.45. The Balaban J connectivity index is 2.63. The number of nitrogens with one attached hydrogen (secondary N) is 1. The van der Waals surface area contributed by atoms with Gasteiger partial charge in [-0.05, 0) is 12.5 Å². The molecule has 1 aromatic heterocycles. The summed E-state index contributed by atoms with van der Waals surface area (Å²) in [7, 11) is 0. The highest BCUT2D eigenvalue weighted by molar-refractivity contribution is 5.81. The first-order valence-corrected chi connectivity index (χ1v) is 4.85. The van der Waals surface area contributed by atoms with E-state index in [1.54, 1.807) is 0 Å². The van der Waals surface area contributed by atoms with E-state index in [9.17, 15) is 5.11 Å². The Morgan fingerprint density at radius 3 is 3.00 bits per heavy atom. The molecule has 0 amide bonds. The van der Waals surface area contributed by atoms with Gasteiger partial charge in [0.2, 0.25) is 0 Å². The lowest BCUT2D eigenvalue weighted by Gasteiger charge is -1.99. The standard InChI is InChI=1S/C12H11NO/c14-11-7-3-5-9-8-4-1-2-6-10(8)13-12(9)11/h1-2,4-6,13-14H,3,7H2. The van der Waals surface area contributed by atoms with Gasteiger partial charge in [0.05, 0.1) is 5.35 Å². The fourth-order valence-corrected chi connectivity index (χ4v) is 2.08. The van der Waals surface area contributed by atoms with Gasteiger partial charge in [-0.25, -0.2) is 0 Å². The van der Waals surface area contributed by atoms with Crippen LogP contribution in [0.5, 0.6) is 0 Å². The molecule has 0 fully saturated rings. The zero-order valence-corrected chi connectivity index (χ0v) is 7.75. The van der Waals surface area contributed by atoms with Crippen LogP contribution >= 0.6 is 0 Å². The fraction of sp³-hybridized carbons (Fsp3) is 0.167. The van der Waals surface area contributed by atoms with Crippen molar-refractivity contribution in [3.8, 4) is 0 Å². The van der Waals surface area contributed by atoms with Crippen LogP contribution in [0.15, 0.2) is 24.3 Å². The monoisotopic (exact) mass is 185 g/mol. The van der Waals surface area contributed by atoms with E-state index in [-0.39, 0.29) is 0 Å². The maximum atomic E-state index is 9.73. The highest BCUT2D eigenvalue weighted by Crippen LogP contribution is 2.09. The van der Waals surface area contributed by atoms with Crippen LogP contribution in [0.25, 0.3) is 22.7 Å². The van der Waals surface area contributed by atoms with E-state index in [0.29, 0.717) is 5.76 Å². The average molecular weight is 185 g/mol. The maximum absolute atomic E-state index is 9.73. The van der Waals surface area contributed by atoms with Gasteiger partial charge in [-0.3, -0.25) is 0 Å². The van der Waals surface area contributed by atoms with E-state index in [2.05, 4.69) is 17.1 Å². The summed E-state index contributed by atoms with van der Waals surface area (Å²) in [5.41, 5.74) is 1.10. The second-order valence-corrected chi connectivity index (χ2v) is 3.65. The molecule has 0 spiro atoms. The summed E-state index contributed by atoms with van der Waals surface area (Å²) >= 11 is 0. The molecule has 2 nitrogen and oxygen atoms in total. The van der Waals surface area contributed by atoms with Gasteiger partial charge in [0.15, 0.2) is 0 Å². The van der Waals surface area contributed by atoms with Crippen LogP contribution in [0, 0.1) is 0 Å². The van der Waals surface area contributed by atoms with Crippen molar-refractivity contribution in [2.24, 2.45) is 0 Å². The molecule has 1 aliphatic rings. The third-order valence-electron chi connectivity index (χ3n) is 2.76. The molecule has 1 aliphatic carbocycles. The molecular weight excluding hydrogens is 174 g/mol. The third kappa shape index (κ3) is 0.909. The molecule has 0 aliphatic heterocycles. The van der Waals surface area contributed by atoms with Gasteiger partial charge in [0.25, 0.3) is 0 Å². The zero-order valence-electron chi connectivity index (χ0n) is 7.75. The van der Waals surface area contributed by atoms with Gasteiger partial charge in [-0.2, -0.15) is 0 Å². The number of aliphatic hydroxyl groups excluding tert-OH is 1. The topological polar surface area (TPSA) is 36.0 Å². The number of aromatic amines is 1. The number of benzene rings is 1. The summed E-state index contributed by atoms with van der Waals surface area (Å²) in [5, 5.41) is 13.0. The minimum Gasteiger partial charge on any atom is -0.510 e. The number of rotatable bonds is 0. The van der Waals surface area contributed by atoms with Crippen molar-refractivity contribution in [2.45, 2.75) is 12.8 Å². The molecule has 1 aromatic carbocycles. The summed E-state index contributed by atoms with van der Waals surface area (Å²) in [6.45, 7) is 0. The number of hydrogen-bond donors (Lipinski definition) is 2. The van der Waals surface area contributed by atoms with Gasteiger partial charge in [-0.1, -0.05) is 24.3 Å². The van der Waals surface area contributed by atoms with E-state index in [4.69, 9.17) is 0 Å². The van der Waals surface area contributed by atoms with Crippen molar-refractivity contribution in [3.63, 3.8) is 0 Å². The lowest BCUT2D eigenvalue weighted by molar-refractivity contribution is 0.476. The number of hydrogen-bond acceptors (Lipinski definition) is 1. The molecule has 0 radical (unpaired) electrons. The summed E-state index contributed by atoms with van der Waals surface area (Å²) in [6.07, 6.45) is 3.87. The largest absolute Gasteiger partial charge is 0.510 e. The molecule has 2 heteroatoms. The normalized spacial score (nSPS) is 15.3. The molecule has 70 valence electrons. The summed E-state index contributed by atoms with van der Waals surface area (Å²) in [5.74, 6) is 0.485. The summed E-state index contributed by atoms with van der Waals surface area (Å²) in [6, 6.07) is 8.14. The number of fused-ring (bicyclic) bond motifs is 3. The van der Waals surface area contributed by atoms with Gasteiger partial charge < -0.3 is 10.1 Å². The van der Waals surface area contributed by atoms with Gasteiger partial charge in [-0.15, -0.1) is 0 Å².